The zero-order valence-electron chi connectivity index (χ0n) is 13.3. The van der Waals surface area contributed by atoms with Crippen LogP contribution in [0.15, 0.2) is 6.20 Å². The molecule has 1 aliphatic rings. The van der Waals surface area contributed by atoms with E-state index in [4.69, 9.17) is 5.11 Å². The predicted molar refractivity (Wildman–Crippen MR) is 83.4 cm³/mol. The quantitative estimate of drug-likeness (QED) is 0.656. The number of sulfonamides is 1. The van der Waals surface area contributed by atoms with Crippen molar-refractivity contribution in [3.63, 3.8) is 0 Å². The van der Waals surface area contributed by atoms with Gasteiger partial charge in [-0.2, -0.15) is 15.4 Å². The molecule has 1 saturated heterocycles. The number of carbonyl (C=O) groups is 1. The van der Waals surface area contributed by atoms with Gasteiger partial charge in [-0.15, -0.1) is 0 Å². The van der Waals surface area contributed by atoms with Crippen molar-refractivity contribution in [1.82, 2.24) is 24.6 Å². The van der Waals surface area contributed by atoms with Crippen LogP contribution in [-0.2, 0) is 14.8 Å². The second-order valence-corrected chi connectivity index (χ2v) is 8.37. The van der Waals surface area contributed by atoms with Crippen molar-refractivity contribution in [3.05, 3.63) is 11.9 Å². The van der Waals surface area contributed by atoms with Crippen LogP contribution in [0.2, 0.25) is 0 Å². The van der Waals surface area contributed by atoms with Crippen LogP contribution < -0.4 is 0 Å². The third-order valence-corrected chi connectivity index (χ3v) is 6.12. The van der Waals surface area contributed by atoms with E-state index < -0.39 is 16.0 Å². The van der Waals surface area contributed by atoms with E-state index in [0.29, 0.717) is 26.1 Å². The lowest BCUT2D eigenvalue weighted by Crippen LogP contribution is -2.29. The van der Waals surface area contributed by atoms with E-state index in [9.17, 15) is 13.2 Å². The highest BCUT2D eigenvalue weighted by atomic mass is 32.2. The van der Waals surface area contributed by atoms with Gasteiger partial charge in [-0.25, -0.2) is 12.7 Å². The molecule has 1 aromatic heterocycles. The topological polar surface area (TPSA) is 119 Å². The third kappa shape index (κ3) is 4.72. The fraction of sp³-hybridized carbons (Fsp3) is 0.769. The third-order valence-electron chi connectivity index (χ3n) is 4.20. The van der Waals surface area contributed by atoms with Gasteiger partial charge >= 0.3 is 5.97 Å². The van der Waals surface area contributed by atoms with E-state index in [1.807, 2.05) is 0 Å². The number of rotatable bonds is 8. The normalized spacial score (nSPS) is 22.7. The highest BCUT2D eigenvalue weighted by molar-refractivity contribution is 7.89. The smallest absolute Gasteiger partial charge is 0.303 e. The molecule has 2 atom stereocenters. The molecular formula is C13H23N5O4S. The molecule has 9 nitrogen and oxygen atoms in total. The maximum Gasteiger partial charge on any atom is 0.303 e. The minimum atomic E-state index is -3.19. The van der Waals surface area contributed by atoms with Crippen molar-refractivity contribution in [2.75, 3.05) is 39.5 Å². The first-order valence-corrected chi connectivity index (χ1v) is 9.10. The Morgan fingerprint density at radius 3 is 2.78 bits per heavy atom. The molecular weight excluding hydrogens is 322 g/mol. The molecule has 0 bridgehead atoms. The fourth-order valence-electron chi connectivity index (χ4n) is 2.95. The molecule has 0 spiro atoms. The summed E-state index contributed by atoms with van der Waals surface area (Å²) in [5.74, 6) is -0.770. The minimum Gasteiger partial charge on any atom is -0.481 e. The summed E-state index contributed by atoms with van der Waals surface area (Å²) < 4.78 is 24.8. The summed E-state index contributed by atoms with van der Waals surface area (Å²) in [4.78, 5) is 13.2. The number of aromatic nitrogens is 3. The number of aromatic amines is 1. The number of hydrogen-bond donors (Lipinski definition) is 2. The van der Waals surface area contributed by atoms with Crippen LogP contribution in [0.3, 0.4) is 0 Å². The molecule has 0 aromatic carbocycles. The second-order valence-electron chi connectivity index (χ2n) is 6.07. The lowest BCUT2D eigenvalue weighted by molar-refractivity contribution is -0.138. The van der Waals surface area contributed by atoms with Gasteiger partial charge in [0.15, 0.2) is 0 Å². The van der Waals surface area contributed by atoms with Gasteiger partial charge in [0.25, 0.3) is 0 Å². The molecule has 0 aliphatic carbocycles. The van der Waals surface area contributed by atoms with Gasteiger partial charge in [0.2, 0.25) is 10.0 Å². The Morgan fingerprint density at radius 2 is 2.22 bits per heavy atom. The number of likely N-dealkylation sites (tertiary alicyclic amines) is 1. The molecule has 2 heterocycles. The number of hydrogen-bond acceptors (Lipinski definition) is 6. The number of carboxylic acid groups (broad SMARTS) is 1. The average Bonchev–Trinajstić information content (AvgIpc) is 3.07. The Balaban J connectivity index is 1.93. The first-order chi connectivity index (χ1) is 10.8. The maximum atomic E-state index is 11.8. The molecule has 0 unspecified atom stereocenters. The van der Waals surface area contributed by atoms with E-state index in [1.165, 1.54) is 18.4 Å². The molecule has 10 heteroatoms. The fourth-order valence-corrected chi connectivity index (χ4v) is 3.81. The van der Waals surface area contributed by atoms with Crippen molar-refractivity contribution in [3.8, 4) is 0 Å². The van der Waals surface area contributed by atoms with E-state index >= 15 is 0 Å². The Hall–Kier alpha value is -1.52. The Kier molecular flexibility index (Phi) is 5.71. The van der Waals surface area contributed by atoms with E-state index in [2.05, 4.69) is 20.3 Å². The minimum absolute atomic E-state index is 0.00954. The molecule has 23 heavy (non-hydrogen) atoms. The molecule has 130 valence electrons. The zero-order valence-corrected chi connectivity index (χ0v) is 14.2. The molecule has 2 rings (SSSR count). The number of aliphatic carboxylic acids is 1. The lowest BCUT2D eigenvalue weighted by Gasteiger charge is -2.16. The van der Waals surface area contributed by atoms with Crippen molar-refractivity contribution in [1.29, 1.82) is 0 Å². The van der Waals surface area contributed by atoms with Crippen LogP contribution in [0.5, 0.6) is 0 Å². The monoisotopic (exact) mass is 345 g/mol. The van der Waals surface area contributed by atoms with Gasteiger partial charge in [0.1, 0.15) is 0 Å². The van der Waals surface area contributed by atoms with Crippen molar-refractivity contribution in [2.24, 2.45) is 5.92 Å². The first kappa shape index (κ1) is 17.8. The zero-order chi connectivity index (χ0) is 17.0. The van der Waals surface area contributed by atoms with Crippen LogP contribution in [0.4, 0.5) is 0 Å². The SMILES string of the molecule is CN(C)S(=O)(=O)CCCN1C[C@H](CC(=O)O)[C@H](c2cn[nH]n2)C1. The highest BCUT2D eigenvalue weighted by Gasteiger charge is 2.36. The van der Waals surface area contributed by atoms with Crippen molar-refractivity contribution >= 4 is 16.0 Å². The summed E-state index contributed by atoms with van der Waals surface area (Å²) in [6, 6.07) is 0. The van der Waals surface area contributed by atoms with Crippen molar-refractivity contribution < 1.29 is 18.3 Å². The van der Waals surface area contributed by atoms with Gasteiger partial charge in [-0.3, -0.25) is 4.79 Å². The molecule has 1 aliphatic heterocycles. The van der Waals surface area contributed by atoms with Crippen molar-refractivity contribution in [2.45, 2.75) is 18.8 Å². The molecule has 1 aromatic rings. The largest absolute Gasteiger partial charge is 0.481 e. The summed E-state index contributed by atoms with van der Waals surface area (Å²) in [6.07, 6.45) is 2.22. The standard InChI is InChI=1S/C13H23N5O4S/c1-17(2)23(21,22)5-3-4-18-8-10(6-13(19)20)11(9-18)12-7-14-16-15-12/h7,10-11H,3-6,8-9H2,1-2H3,(H,19,20)(H,14,15,16)/t10-,11+/m0/s1. The van der Waals surface area contributed by atoms with Gasteiger partial charge in [0.05, 0.1) is 24.1 Å². The summed E-state index contributed by atoms with van der Waals surface area (Å²) >= 11 is 0. The maximum absolute atomic E-state index is 11.8. The lowest BCUT2D eigenvalue weighted by atomic mass is 9.91. The van der Waals surface area contributed by atoms with Gasteiger partial charge in [-0.05, 0) is 18.9 Å². The summed E-state index contributed by atoms with van der Waals surface area (Å²) in [6.45, 7) is 1.93. The van der Waals surface area contributed by atoms with Crippen LogP contribution in [-0.4, -0.2) is 83.6 Å². The van der Waals surface area contributed by atoms with E-state index in [-0.39, 0.29) is 24.0 Å². The van der Waals surface area contributed by atoms with E-state index in [0.717, 1.165) is 5.69 Å². The number of nitrogens with zero attached hydrogens (tertiary/aromatic N) is 4. The predicted octanol–water partition coefficient (Wildman–Crippen LogP) is -0.424. The summed E-state index contributed by atoms with van der Waals surface area (Å²) in [7, 11) is -0.149. The number of carboxylic acids is 1. The molecule has 0 amide bonds. The van der Waals surface area contributed by atoms with Gasteiger partial charge in [0, 0.05) is 33.1 Å². The summed E-state index contributed by atoms with van der Waals surface area (Å²) in [5.41, 5.74) is 0.764. The van der Waals surface area contributed by atoms with Crippen LogP contribution in [0.1, 0.15) is 24.5 Å². The Morgan fingerprint density at radius 1 is 1.48 bits per heavy atom. The molecule has 0 saturated carbocycles. The highest BCUT2D eigenvalue weighted by Crippen LogP contribution is 2.33. The van der Waals surface area contributed by atoms with Crippen LogP contribution >= 0.6 is 0 Å². The molecule has 0 radical (unpaired) electrons. The van der Waals surface area contributed by atoms with Crippen LogP contribution in [0, 0.1) is 5.92 Å². The Bertz CT molecular complexity index is 616. The average molecular weight is 345 g/mol. The number of nitrogens with one attached hydrogen (secondary N) is 1. The molecule has 2 N–H and O–H groups in total. The van der Waals surface area contributed by atoms with Crippen LogP contribution in [0.25, 0.3) is 0 Å². The Labute approximate surface area is 135 Å². The summed E-state index contributed by atoms with van der Waals surface area (Å²) in [5, 5.41) is 19.5. The van der Waals surface area contributed by atoms with Gasteiger partial charge < -0.3 is 10.0 Å². The van der Waals surface area contributed by atoms with E-state index in [1.54, 1.807) is 6.20 Å². The first-order valence-electron chi connectivity index (χ1n) is 7.49. The number of H-pyrrole nitrogens is 1. The van der Waals surface area contributed by atoms with Gasteiger partial charge in [-0.1, -0.05) is 0 Å². The molecule has 1 fully saturated rings. The second kappa shape index (κ2) is 7.37.